The first-order chi connectivity index (χ1) is 14.6. The Hall–Kier alpha value is -3.86. The van der Waals surface area contributed by atoms with Gasteiger partial charge in [0, 0.05) is 34.8 Å². The van der Waals surface area contributed by atoms with Crippen molar-refractivity contribution < 1.29 is 9.59 Å². The molecule has 4 rings (SSSR count). The van der Waals surface area contributed by atoms with Crippen LogP contribution in [0.4, 0.5) is 5.69 Å². The van der Waals surface area contributed by atoms with Gasteiger partial charge in [0.05, 0.1) is 0 Å². The Balaban J connectivity index is 1.59. The quantitative estimate of drug-likeness (QED) is 0.449. The standard InChI is InChI=1S/C25H23N3O2/c1-17-8-5-6-12-21(17)27-25(30)23(16-18-9-3-2-4-10-18)28-24(29)20-11-7-13-22-19(20)14-15-26-22/h2-15,23,26H,16H2,1H3,(H,27,30)(H,28,29). The molecule has 0 saturated heterocycles. The lowest BCUT2D eigenvalue weighted by Crippen LogP contribution is -2.45. The molecular weight excluding hydrogens is 374 g/mol. The number of rotatable bonds is 6. The van der Waals surface area contributed by atoms with E-state index in [2.05, 4.69) is 15.6 Å². The van der Waals surface area contributed by atoms with Crippen LogP contribution in [0, 0.1) is 6.92 Å². The smallest absolute Gasteiger partial charge is 0.252 e. The van der Waals surface area contributed by atoms with Crippen LogP contribution in [-0.4, -0.2) is 22.8 Å². The third-order valence-electron chi connectivity index (χ3n) is 5.15. The van der Waals surface area contributed by atoms with Gasteiger partial charge in [0.25, 0.3) is 5.91 Å². The van der Waals surface area contributed by atoms with Gasteiger partial charge in [-0.3, -0.25) is 9.59 Å². The SMILES string of the molecule is Cc1ccccc1NC(=O)C(Cc1ccccc1)NC(=O)c1cccc2[nH]ccc12. The highest BCUT2D eigenvalue weighted by Crippen LogP contribution is 2.18. The summed E-state index contributed by atoms with van der Waals surface area (Å²) in [5.41, 5.74) is 4.10. The minimum absolute atomic E-state index is 0.247. The van der Waals surface area contributed by atoms with Gasteiger partial charge in [0.1, 0.15) is 6.04 Å². The zero-order chi connectivity index (χ0) is 20.9. The fraction of sp³-hybridized carbons (Fsp3) is 0.120. The predicted octanol–water partition coefficient (Wildman–Crippen LogP) is 4.46. The van der Waals surface area contributed by atoms with E-state index in [1.807, 2.05) is 79.7 Å². The number of para-hydroxylation sites is 1. The van der Waals surface area contributed by atoms with E-state index in [1.165, 1.54) is 0 Å². The van der Waals surface area contributed by atoms with Gasteiger partial charge in [-0.15, -0.1) is 0 Å². The molecule has 0 radical (unpaired) electrons. The van der Waals surface area contributed by atoms with Crippen molar-refractivity contribution in [2.24, 2.45) is 0 Å². The zero-order valence-electron chi connectivity index (χ0n) is 16.7. The van der Waals surface area contributed by atoms with Crippen LogP contribution in [0.1, 0.15) is 21.5 Å². The number of nitrogens with one attached hydrogen (secondary N) is 3. The van der Waals surface area contributed by atoms with E-state index in [9.17, 15) is 9.59 Å². The number of H-pyrrole nitrogens is 1. The number of carbonyl (C=O) groups is 2. The second-order valence-corrected chi connectivity index (χ2v) is 7.26. The van der Waals surface area contributed by atoms with Crippen molar-refractivity contribution in [2.45, 2.75) is 19.4 Å². The van der Waals surface area contributed by atoms with E-state index in [0.29, 0.717) is 12.0 Å². The molecule has 1 heterocycles. The van der Waals surface area contributed by atoms with Crippen molar-refractivity contribution >= 4 is 28.4 Å². The maximum absolute atomic E-state index is 13.1. The average Bonchev–Trinajstić information content (AvgIpc) is 3.24. The summed E-state index contributed by atoms with van der Waals surface area (Å²) in [4.78, 5) is 29.3. The maximum Gasteiger partial charge on any atom is 0.252 e. The maximum atomic E-state index is 13.1. The molecule has 0 spiro atoms. The molecule has 5 nitrogen and oxygen atoms in total. The summed E-state index contributed by atoms with van der Waals surface area (Å²) in [6.07, 6.45) is 2.20. The highest BCUT2D eigenvalue weighted by molar-refractivity contribution is 6.08. The first-order valence-electron chi connectivity index (χ1n) is 9.89. The molecule has 4 aromatic rings. The number of fused-ring (bicyclic) bond motifs is 1. The minimum Gasteiger partial charge on any atom is -0.361 e. The van der Waals surface area contributed by atoms with Crippen LogP contribution in [0.25, 0.3) is 10.9 Å². The molecule has 1 aromatic heterocycles. The Morgan fingerprint density at radius 3 is 2.47 bits per heavy atom. The monoisotopic (exact) mass is 397 g/mol. The Morgan fingerprint density at radius 2 is 1.67 bits per heavy atom. The van der Waals surface area contributed by atoms with Gasteiger partial charge in [-0.05, 0) is 42.3 Å². The lowest BCUT2D eigenvalue weighted by Gasteiger charge is -2.20. The van der Waals surface area contributed by atoms with E-state index in [-0.39, 0.29) is 11.8 Å². The summed E-state index contributed by atoms with van der Waals surface area (Å²) in [6, 6.07) is 23.9. The number of aromatic nitrogens is 1. The molecule has 3 N–H and O–H groups in total. The van der Waals surface area contributed by atoms with E-state index in [1.54, 1.807) is 12.3 Å². The fourth-order valence-electron chi connectivity index (χ4n) is 3.51. The Kier molecular flexibility index (Phi) is 5.61. The molecule has 0 bridgehead atoms. The Labute approximate surface area is 175 Å². The summed E-state index contributed by atoms with van der Waals surface area (Å²) in [7, 11) is 0. The average molecular weight is 397 g/mol. The van der Waals surface area contributed by atoms with E-state index in [0.717, 1.165) is 27.7 Å². The van der Waals surface area contributed by atoms with Gasteiger partial charge in [-0.2, -0.15) is 0 Å². The number of hydrogen-bond donors (Lipinski definition) is 3. The summed E-state index contributed by atoms with van der Waals surface area (Å²) in [6.45, 7) is 1.94. The number of anilines is 1. The largest absolute Gasteiger partial charge is 0.361 e. The summed E-state index contributed by atoms with van der Waals surface area (Å²) in [5, 5.41) is 6.72. The first kappa shape index (κ1) is 19.5. The van der Waals surface area contributed by atoms with Crippen LogP contribution in [0.15, 0.2) is 85.1 Å². The third-order valence-corrected chi connectivity index (χ3v) is 5.15. The normalized spacial score (nSPS) is 11.8. The molecular formula is C25H23N3O2. The van der Waals surface area contributed by atoms with Crippen LogP contribution in [0.3, 0.4) is 0 Å². The van der Waals surface area contributed by atoms with Crippen molar-refractivity contribution in [1.82, 2.24) is 10.3 Å². The third kappa shape index (κ3) is 4.25. The molecule has 30 heavy (non-hydrogen) atoms. The Morgan fingerprint density at radius 1 is 0.900 bits per heavy atom. The van der Waals surface area contributed by atoms with Gasteiger partial charge >= 0.3 is 0 Å². The number of amides is 2. The molecule has 0 aliphatic heterocycles. The second kappa shape index (κ2) is 8.66. The van der Waals surface area contributed by atoms with Crippen molar-refractivity contribution in [3.8, 4) is 0 Å². The highest BCUT2D eigenvalue weighted by atomic mass is 16.2. The van der Waals surface area contributed by atoms with Crippen molar-refractivity contribution in [3.05, 3.63) is 102 Å². The number of carbonyl (C=O) groups excluding carboxylic acids is 2. The minimum atomic E-state index is -0.714. The number of benzene rings is 3. The summed E-state index contributed by atoms with van der Waals surface area (Å²) >= 11 is 0. The molecule has 1 atom stereocenters. The molecule has 5 heteroatoms. The van der Waals surface area contributed by atoms with Crippen LogP contribution in [0.2, 0.25) is 0 Å². The topological polar surface area (TPSA) is 74.0 Å². The lowest BCUT2D eigenvalue weighted by atomic mass is 10.0. The van der Waals surface area contributed by atoms with E-state index >= 15 is 0 Å². The van der Waals surface area contributed by atoms with E-state index < -0.39 is 6.04 Å². The molecule has 0 aliphatic rings. The molecule has 0 fully saturated rings. The number of aryl methyl sites for hydroxylation is 1. The van der Waals surface area contributed by atoms with Crippen LogP contribution >= 0.6 is 0 Å². The molecule has 0 saturated carbocycles. The summed E-state index contributed by atoms with van der Waals surface area (Å²) < 4.78 is 0. The van der Waals surface area contributed by atoms with Gasteiger partial charge in [0.15, 0.2) is 0 Å². The summed E-state index contributed by atoms with van der Waals surface area (Å²) in [5.74, 6) is -0.524. The molecule has 1 unspecified atom stereocenters. The van der Waals surface area contributed by atoms with Crippen molar-refractivity contribution in [1.29, 1.82) is 0 Å². The molecule has 150 valence electrons. The van der Waals surface area contributed by atoms with Crippen LogP contribution in [0.5, 0.6) is 0 Å². The fourth-order valence-corrected chi connectivity index (χ4v) is 3.51. The lowest BCUT2D eigenvalue weighted by molar-refractivity contribution is -0.118. The first-order valence-corrected chi connectivity index (χ1v) is 9.89. The van der Waals surface area contributed by atoms with Crippen LogP contribution < -0.4 is 10.6 Å². The van der Waals surface area contributed by atoms with E-state index in [4.69, 9.17) is 0 Å². The number of aromatic amines is 1. The Bertz CT molecular complexity index is 1180. The number of hydrogen-bond acceptors (Lipinski definition) is 2. The van der Waals surface area contributed by atoms with Crippen LogP contribution in [-0.2, 0) is 11.2 Å². The zero-order valence-corrected chi connectivity index (χ0v) is 16.7. The van der Waals surface area contributed by atoms with Gasteiger partial charge in [-0.1, -0.05) is 54.6 Å². The van der Waals surface area contributed by atoms with Gasteiger partial charge in [-0.25, -0.2) is 0 Å². The van der Waals surface area contributed by atoms with Crippen molar-refractivity contribution in [2.75, 3.05) is 5.32 Å². The molecule has 2 amide bonds. The second-order valence-electron chi connectivity index (χ2n) is 7.26. The van der Waals surface area contributed by atoms with Crippen molar-refractivity contribution in [3.63, 3.8) is 0 Å². The van der Waals surface area contributed by atoms with Gasteiger partial charge in [0.2, 0.25) is 5.91 Å². The molecule has 3 aromatic carbocycles. The van der Waals surface area contributed by atoms with Gasteiger partial charge < -0.3 is 15.6 Å². The molecule has 0 aliphatic carbocycles. The highest BCUT2D eigenvalue weighted by Gasteiger charge is 2.23. The predicted molar refractivity (Wildman–Crippen MR) is 120 cm³/mol.